The van der Waals surface area contributed by atoms with Gasteiger partial charge in [0.1, 0.15) is 11.4 Å². The van der Waals surface area contributed by atoms with E-state index in [2.05, 4.69) is 9.97 Å². The van der Waals surface area contributed by atoms with E-state index in [-0.39, 0.29) is 5.56 Å². The molecule has 0 saturated heterocycles. The van der Waals surface area contributed by atoms with Gasteiger partial charge >= 0.3 is 5.97 Å². The number of hydrogen-bond donors (Lipinski definition) is 1. The highest BCUT2D eigenvalue weighted by atomic mass is 16.4. The lowest BCUT2D eigenvalue weighted by atomic mass is 10.2. The molecule has 0 aliphatic rings. The van der Waals surface area contributed by atoms with Crippen molar-refractivity contribution in [2.24, 2.45) is 0 Å². The molecular weight excluding hydrogens is 206 g/mol. The number of pyridine rings is 1. The fourth-order valence-corrected chi connectivity index (χ4v) is 1.58. The average molecular weight is 217 g/mol. The first-order valence-electron chi connectivity index (χ1n) is 4.94. The predicted molar refractivity (Wildman–Crippen MR) is 57.7 cm³/mol. The zero-order valence-corrected chi connectivity index (χ0v) is 8.79. The number of carbonyl (C=O) groups is 1. The van der Waals surface area contributed by atoms with Gasteiger partial charge in [0.15, 0.2) is 0 Å². The minimum atomic E-state index is -0.987. The van der Waals surface area contributed by atoms with Gasteiger partial charge in [-0.2, -0.15) is 0 Å². The Morgan fingerprint density at radius 1 is 1.50 bits per heavy atom. The Hall–Kier alpha value is -2.17. The molecule has 2 heterocycles. The molecule has 0 spiro atoms. The molecule has 0 unspecified atom stereocenters. The van der Waals surface area contributed by atoms with Gasteiger partial charge < -0.3 is 9.67 Å². The molecule has 82 valence electrons. The number of aromatic carboxylic acids is 1. The van der Waals surface area contributed by atoms with Crippen LogP contribution in [0, 0.1) is 0 Å². The highest BCUT2D eigenvalue weighted by Crippen LogP contribution is 2.15. The van der Waals surface area contributed by atoms with Gasteiger partial charge in [-0.1, -0.05) is 6.92 Å². The lowest BCUT2D eigenvalue weighted by Crippen LogP contribution is -2.07. The molecule has 16 heavy (non-hydrogen) atoms. The summed E-state index contributed by atoms with van der Waals surface area (Å²) in [4.78, 5) is 19.0. The number of hydrogen-bond acceptors (Lipinski definition) is 3. The Kier molecular flexibility index (Phi) is 2.68. The summed E-state index contributed by atoms with van der Waals surface area (Å²) in [5, 5.41) is 9.05. The number of nitrogens with zero attached hydrogens (tertiary/aromatic N) is 3. The van der Waals surface area contributed by atoms with Crippen molar-refractivity contribution in [2.45, 2.75) is 13.3 Å². The summed E-state index contributed by atoms with van der Waals surface area (Å²) in [7, 11) is 0. The van der Waals surface area contributed by atoms with Crippen LogP contribution >= 0.6 is 0 Å². The monoisotopic (exact) mass is 217 g/mol. The lowest BCUT2D eigenvalue weighted by Gasteiger charge is -2.08. The Balaban J connectivity index is 2.60. The standard InChI is InChI=1S/C11H11N3O2/c1-2-10-13-5-6-14(10)9-3-4-12-7-8(9)11(15)16/h3-7H,2H2,1H3,(H,15,16). The van der Waals surface area contributed by atoms with E-state index in [0.29, 0.717) is 5.69 Å². The van der Waals surface area contributed by atoms with Crippen molar-refractivity contribution in [1.82, 2.24) is 14.5 Å². The molecule has 0 aliphatic heterocycles. The summed E-state index contributed by atoms with van der Waals surface area (Å²) < 4.78 is 1.77. The van der Waals surface area contributed by atoms with Gasteiger partial charge in [-0.05, 0) is 6.07 Å². The molecule has 0 aliphatic carbocycles. The minimum absolute atomic E-state index is 0.176. The van der Waals surface area contributed by atoms with Gasteiger partial charge in [0.2, 0.25) is 0 Å². The molecular formula is C11H11N3O2. The Labute approximate surface area is 92.4 Å². The summed E-state index contributed by atoms with van der Waals surface area (Å²) in [6.07, 6.45) is 7.07. The van der Waals surface area contributed by atoms with E-state index in [1.54, 1.807) is 29.2 Å². The second-order valence-corrected chi connectivity index (χ2v) is 3.27. The molecule has 0 saturated carbocycles. The summed E-state index contributed by atoms with van der Waals surface area (Å²) in [5.41, 5.74) is 0.770. The fourth-order valence-electron chi connectivity index (χ4n) is 1.58. The normalized spacial score (nSPS) is 10.3. The molecule has 2 aromatic heterocycles. The van der Waals surface area contributed by atoms with Crippen LogP contribution in [0.2, 0.25) is 0 Å². The highest BCUT2D eigenvalue weighted by Gasteiger charge is 2.13. The van der Waals surface area contributed by atoms with Crippen LogP contribution in [-0.4, -0.2) is 25.6 Å². The zero-order chi connectivity index (χ0) is 11.5. The third kappa shape index (κ3) is 1.67. The van der Waals surface area contributed by atoms with Crippen LogP contribution < -0.4 is 0 Å². The van der Waals surface area contributed by atoms with Crippen LogP contribution in [0.25, 0.3) is 5.69 Å². The van der Waals surface area contributed by atoms with Crippen molar-refractivity contribution in [3.8, 4) is 5.69 Å². The van der Waals surface area contributed by atoms with E-state index in [1.165, 1.54) is 6.20 Å². The molecule has 1 N–H and O–H groups in total. The first-order chi connectivity index (χ1) is 7.74. The number of aryl methyl sites for hydroxylation is 1. The molecule has 0 amide bonds. The molecule has 0 fully saturated rings. The van der Waals surface area contributed by atoms with Crippen LogP contribution in [-0.2, 0) is 6.42 Å². The van der Waals surface area contributed by atoms with Crippen molar-refractivity contribution in [1.29, 1.82) is 0 Å². The van der Waals surface area contributed by atoms with Gasteiger partial charge in [-0.3, -0.25) is 4.98 Å². The summed E-state index contributed by atoms with van der Waals surface area (Å²) in [6, 6.07) is 1.67. The van der Waals surface area contributed by atoms with Crippen LogP contribution in [0.1, 0.15) is 23.1 Å². The SMILES string of the molecule is CCc1nccn1-c1ccncc1C(=O)O. The summed E-state index contributed by atoms with van der Waals surface area (Å²) in [5.74, 6) is -0.160. The minimum Gasteiger partial charge on any atom is -0.478 e. The number of imidazole rings is 1. The van der Waals surface area contributed by atoms with Crippen molar-refractivity contribution in [3.05, 3.63) is 42.2 Å². The average Bonchev–Trinajstić information content (AvgIpc) is 2.76. The maximum atomic E-state index is 11.0. The molecule has 0 atom stereocenters. The molecule has 0 radical (unpaired) electrons. The summed E-state index contributed by atoms with van der Waals surface area (Å²) in [6.45, 7) is 1.97. The Bertz CT molecular complexity index is 519. The maximum Gasteiger partial charge on any atom is 0.339 e. The summed E-state index contributed by atoms with van der Waals surface area (Å²) >= 11 is 0. The highest BCUT2D eigenvalue weighted by molar-refractivity contribution is 5.91. The molecule has 2 aromatic rings. The van der Waals surface area contributed by atoms with Gasteiger partial charge in [-0.15, -0.1) is 0 Å². The topological polar surface area (TPSA) is 68.0 Å². The van der Waals surface area contributed by atoms with Gasteiger partial charge in [0.05, 0.1) is 5.69 Å². The quantitative estimate of drug-likeness (QED) is 0.846. The molecule has 5 heteroatoms. The van der Waals surface area contributed by atoms with E-state index in [9.17, 15) is 4.79 Å². The first kappa shape index (κ1) is 10.4. The van der Waals surface area contributed by atoms with Crippen LogP contribution in [0.4, 0.5) is 0 Å². The lowest BCUT2D eigenvalue weighted by molar-refractivity contribution is 0.0696. The Morgan fingerprint density at radius 3 is 3.00 bits per heavy atom. The van der Waals surface area contributed by atoms with E-state index < -0.39 is 5.97 Å². The van der Waals surface area contributed by atoms with Crippen molar-refractivity contribution >= 4 is 5.97 Å². The number of carboxylic acid groups (broad SMARTS) is 1. The van der Waals surface area contributed by atoms with Gasteiger partial charge in [-0.25, -0.2) is 9.78 Å². The van der Waals surface area contributed by atoms with E-state index in [4.69, 9.17) is 5.11 Å². The van der Waals surface area contributed by atoms with E-state index >= 15 is 0 Å². The van der Waals surface area contributed by atoms with Crippen LogP contribution in [0.5, 0.6) is 0 Å². The largest absolute Gasteiger partial charge is 0.478 e. The Morgan fingerprint density at radius 2 is 2.31 bits per heavy atom. The van der Waals surface area contributed by atoms with Crippen molar-refractivity contribution in [3.63, 3.8) is 0 Å². The molecule has 0 aromatic carbocycles. The van der Waals surface area contributed by atoms with E-state index in [1.807, 2.05) is 6.92 Å². The fraction of sp³-hybridized carbons (Fsp3) is 0.182. The van der Waals surface area contributed by atoms with Crippen LogP contribution in [0.15, 0.2) is 30.9 Å². The van der Waals surface area contributed by atoms with Crippen molar-refractivity contribution < 1.29 is 9.90 Å². The third-order valence-corrected chi connectivity index (χ3v) is 2.32. The predicted octanol–water partition coefficient (Wildman–Crippen LogP) is 1.53. The number of rotatable bonds is 3. The number of aromatic nitrogens is 3. The molecule has 5 nitrogen and oxygen atoms in total. The zero-order valence-electron chi connectivity index (χ0n) is 8.79. The smallest absolute Gasteiger partial charge is 0.339 e. The molecule has 0 bridgehead atoms. The second-order valence-electron chi connectivity index (χ2n) is 3.27. The molecule has 2 rings (SSSR count). The van der Waals surface area contributed by atoms with Gasteiger partial charge in [0.25, 0.3) is 0 Å². The van der Waals surface area contributed by atoms with E-state index in [0.717, 1.165) is 12.2 Å². The van der Waals surface area contributed by atoms with Crippen molar-refractivity contribution in [2.75, 3.05) is 0 Å². The van der Waals surface area contributed by atoms with Crippen LogP contribution in [0.3, 0.4) is 0 Å². The first-order valence-corrected chi connectivity index (χ1v) is 4.94. The second kappa shape index (κ2) is 4.14. The van der Waals surface area contributed by atoms with Gasteiger partial charge in [0, 0.05) is 31.2 Å². The maximum absolute atomic E-state index is 11.0. The third-order valence-electron chi connectivity index (χ3n) is 2.32. The number of carboxylic acids is 1.